The monoisotopic (exact) mass is 410 g/mol. The van der Waals surface area contributed by atoms with Gasteiger partial charge in [-0.2, -0.15) is 0 Å². The molecule has 27 heavy (non-hydrogen) atoms. The van der Waals surface area contributed by atoms with E-state index >= 15 is 0 Å². The number of benzene rings is 1. The number of amides is 1. The van der Waals surface area contributed by atoms with E-state index in [1.165, 1.54) is 22.3 Å². The quantitative estimate of drug-likeness (QED) is 0.705. The number of rotatable bonds is 7. The maximum atomic E-state index is 12.2. The molecule has 0 spiro atoms. The van der Waals surface area contributed by atoms with E-state index in [1.807, 2.05) is 24.3 Å². The van der Waals surface area contributed by atoms with Crippen LogP contribution >= 0.6 is 11.8 Å². The maximum Gasteiger partial charge on any atom is 0.230 e. The van der Waals surface area contributed by atoms with Gasteiger partial charge in [0.2, 0.25) is 15.9 Å². The first-order valence-electron chi connectivity index (χ1n) is 9.18. The average molecular weight is 411 g/mol. The van der Waals surface area contributed by atoms with Gasteiger partial charge in [0.05, 0.1) is 23.0 Å². The zero-order valence-corrected chi connectivity index (χ0v) is 17.4. The number of carbonyl (C=O) groups excluding carboxylic acids is 1. The summed E-state index contributed by atoms with van der Waals surface area (Å²) in [5, 5.41) is 3.84. The Morgan fingerprint density at radius 2 is 2.00 bits per heavy atom. The molecule has 9 heteroatoms. The van der Waals surface area contributed by atoms with Gasteiger partial charge in [0.25, 0.3) is 0 Å². The van der Waals surface area contributed by atoms with Crippen LogP contribution < -0.4 is 5.32 Å². The van der Waals surface area contributed by atoms with Crippen LogP contribution in [0.25, 0.3) is 11.0 Å². The molecule has 1 aromatic carbocycles. The molecule has 3 rings (SSSR count). The first kappa shape index (κ1) is 20.2. The number of thioether (sulfide) groups is 1. The average Bonchev–Trinajstić information content (AvgIpc) is 3.01. The van der Waals surface area contributed by atoms with E-state index in [9.17, 15) is 13.2 Å². The molecule has 1 aliphatic heterocycles. The molecular formula is C18H26N4O3S2. The first-order chi connectivity index (χ1) is 12.9. The van der Waals surface area contributed by atoms with Crippen LogP contribution in [0.4, 0.5) is 0 Å². The Kier molecular flexibility index (Phi) is 6.44. The zero-order valence-electron chi connectivity index (χ0n) is 15.7. The van der Waals surface area contributed by atoms with Crippen LogP contribution in [0.2, 0.25) is 0 Å². The van der Waals surface area contributed by atoms with E-state index in [4.69, 9.17) is 0 Å². The standard InChI is InChI=1S/C18H26N4O3S2/c1-3-22-16-7-5-4-6-15(16)20-18(22)26-13-17(23)19-12-14-8-10-21(11-9-14)27(2,24)25/h4-7,14H,3,8-13H2,1-2H3,(H,19,23). The van der Waals surface area contributed by atoms with Crippen molar-refractivity contribution in [2.24, 2.45) is 5.92 Å². The molecule has 0 unspecified atom stereocenters. The predicted molar refractivity (Wildman–Crippen MR) is 108 cm³/mol. The van der Waals surface area contributed by atoms with Gasteiger partial charge in [0.15, 0.2) is 5.16 Å². The Balaban J connectivity index is 1.47. The third kappa shape index (κ3) is 5.03. The molecule has 0 radical (unpaired) electrons. The molecule has 7 nitrogen and oxygen atoms in total. The maximum absolute atomic E-state index is 12.2. The molecule has 2 aromatic rings. The summed E-state index contributed by atoms with van der Waals surface area (Å²) in [6, 6.07) is 7.98. The van der Waals surface area contributed by atoms with Crippen molar-refractivity contribution in [3.8, 4) is 0 Å². The van der Waals surface area contributed by atoms with E-state index in [0.717, 1.165) is 35.6 Å². The second-order valence-electron chi connectivity index (χ2n) is 6.83. The van der Waals surface area contributed by atoms with Crippen molar-refractivity contribution in [2.45, 2.75) is 31.5 Å². The lowest BCUT2D eigenvalue weighted by Crippen LogP contribution is -2.41. The molecule has 1 saturated heterocycles. The number of hydrogen-bond donors (Lipinski definition) is 1. The van der Waals surface area contributed by atoms with Crippen molar-refractivity contribution >= 4 is 38.7 Å². The molecule has 0 atom stereocenters. The van der Waals surface area contributed by atoms with E-state index < -0.39 is 10.0 Å². The highest BCUT2D eigenvalue weighted by Crippen LogP contribution is 2.24. The Bertz CT molecular complexity index is 902. The van der Waals surface area contributed by atoms with E-state index in [-0.39, 0.29) is 5.91 Å². The van der Waals surface area contributed by atoms with Gasteiger partial charge < -0.3 is 9.88 Å². The minimum Gasteiger partial charge on any atom is -0.355 e. The van der Waals surface area contributed by atoms with Crippen LogP contribution in [-0.4, -0.2) is 59.8 Å². The van der Waals surface area contributed by atoms with Crippen molar-refractivity contribution in [2.75, 3.05) is 31.6 Å². The van der Waals surface area contributed by atoms with Gasteiger partial charge in [-0.15, -0.1) is 0 Å². The molecule has 1 aromatic heterocycles. The van der Waals surface area contributed by atoms with E-state index in [2.05, 4.69) is 21.8 Å². The molecule has 0 bridgehead atoms. The lowest BCUT2D eigenvalue weighted by atomic mass is 9.98. The largest absolute Gasteiger partial charge is 0.355 e. The highest BCUT2D eigenvalue weighted by Gasteiger charge is 2.25. The summed E-state index contributed by atoms with van der Waals surface area (Å²) >= 11 is 1.45. The SMILES string of the molecule is CCn1c(SCC(=O)NCC2CCN(S(C)(=O)=O)CC2)nc2ccccc21. The molecule has 2 heterocycles. The molecule has 148 valence electrons. The van der Waals surface area contributed by atoms with E-state index in [0.29, 0.717) is 31.3 Å². The Hall–Kier alpha value is -1.58. The lowest BCUT2D eigenvalue weighted by molar-refractivity contribution is -0.118. The van der Waals surface area contributed by atoms with E-state index in [1.54, 1.807) is 0 Å². The van der Waals surface area contributed by atoms with Gasteiger partial charge >= 0.3 is 0 Å². The summed E-state index contributed by atoms with van der Waals surface area (Å²) in [6.07, 6.45) is 2.81. The number of nitrogens with one attached hydrogen (secondary N) is 1. The highest BCUT2D eigenvalue weighted by atomic mass is 32.2. The van der Waals surface area contributed by atoms with Crippen LogP contribution in [0.15, 0.2) is 29.4 Å². The molecule has 0 saturated carbocycles. The number of piperidine rings is 1. The third-order valence-electron chi connectivity index (χ3n) is 4.90. The lowest BCUT2D eigenvalue weighted by Gasteiger charge is -2.30. The summed E-state index contributed by atoms with van der Waals surface area (Å²) < 4.78 is 26.7. The van der Waals surface area contributed by atoms with Crippen LogP contribution in [0.5, 0.6) is 0 Å². The summed E-state index contributed by atoms with van der Waals surface area (Å²) in [7, 11) is -3.10. The van der Waals surface area contributed by atoms with Crippen LogP contribution in [0, 0.1) is 5.92 Å². The van der Waals surface area contributed by atoms with Crippen molar-refractivity contribution < 1.29 is 13.2 Å². The van der Waals surface area contributed by atoms with Gasteiger partial charge in [-0.1, -0.05) is 23.9 Å². The normalized spacial score (nSPS) is 16.7. The molecule has 1 amide bonds. The number of fused-ring (bicyclic) bond motifs is 1. The smallest absolute Gasteiger partial charge is 0.230 e. The molecular weight excluding hydrogens is 384 g/mol. The Morgan fingerprint density at radius 1 is 1.30 bits per heavy atom. The van der Waals surface area contributed by atoms with Crippen LogP contribution in [-0.2, 0) is 21.4 Å². The fourth-order valence-electron chi connectivity index (χ4n) is 3.35. The first-order valence-corrected chi connectivity index (χ1v) is 12.0. The van der Waals surface area contributed by atoms with Crippen LogP contribution in [0.1, 0.15) is 19.8 Å². The summed E-state index contributed by atoms with van der Waals surface area (Å²) in [4.78, 5) is 16.8. The number of carbonyl (C=O) groups is 1. The van der Waals surface area contributed by atoms with Crippen LogP contribution in [0.3, 0.4) is 0 Å². The molecule has 1 N–H and O–H groups in total. The van der Waals surface area contributed by atoms with Gasteiger partial charge in [-0.25, -0.2) is 17.7 Å². The van der Waals surface area contributed by atoms with Gasteiger partial charge in [-0.05, 0) is 37.8 Å². The number of aromatic nitrogens is 2. The predicted octanol–water partition coefficient (Wildman–Crippen LogP) is 1.94. The second-order valence-corrected chi connectivity index (χ2v) is 9.75. The summed E-state index contributed by atoms with van der Waals surface area (Å²) in [6.45, 7) is 4.55. The van der Waals surface area contributed by atoms with Crippen molar-refractivity contribution in [1.82, 2.24) is 19.2 Å². The Morgan fingerprint density at radius 3 is 2.67 bits per heavy atom. The second kappa shape index (κ2) is 8.62. The number of sulfonamides is 1. The minimum absolute atomic E-state index is 0.0137. The topological polar surface area (TPSA) is 84.3 Å². The van der Waals surface area contributed by atoms with Gasteiger partial charge in [0, 0.05) is 26.2 Å². The number of hydrogen-bond acceptors (Lipinski definition) is 5. The van der Waals surface area contributed by atoms with Crippen molar-refractivity contribution in [1.29, 1.82) is 0 Å². The van der Waals surface area contributed by atoms with Crippen molar-refractivity contribution in [3.63, 3.8) is 0 Å². The molecule has 0 aliphatic carbocycles. The fraction of sp³-hybridized carbons (Fsp3) is 0.556. The van der Waals surface area contributed by atoms with Gasteiger partial charge in [0.1, 0.15) is 0 Å². The van der Waals surface area contributed by atoms with Gasteiger partial charge in [-0.3, -0.25) is 4.79 Å². The Labute approximate surface area is 164 Å². The highest BCUT2D eigenvalue weighted by molar-refractivity contribution is 7.99. The van der Waals surface area contributed by atoms with Crippen molar-refractivity contribution in [3.05, 3.63) is 24.3 Å². The third-order valence-corrected chi connectivity index (χ3v) is 7.18. The number of nitrogens with zero attached hydrogens (tertiary/aromatic N) is 3. The number of para-hydroxylation sites is 2. The summed E-state index contributed by atoms with van der Waals surface area (Å²) in [5.41, 5.74) is 2.03. The number of imidazole rings is 1. The zero-order chi connectivity index (χ0) is 19.4. The molecule has 1 fully saturated rings. The summed E-state index contributed by atoms with van der Waals surface area (Å²) in [5.74, 6) is 0.642. The number of aryl methyl sites for hydroxylation is 1. The fourth-order valence-corrected chi connectivity index (χ4v) is 5.14. The molecule has 1 aliphatic rings. The minimum atomic E-state index is -3.10.